The molecule has 0 atom stereocenters. The van der Waals surface area contributed by atoms with Gasteiger partial charge in [-0.2, -0.15) is 0 Å². The van der Waals surface area contributed by atoms with Crippen molar-refractivity contribution in [1.82, 2.24) is 0 Å². The number of rotatable bonds is 1. The third-order valence-electron chi connectivity index (χ3n) is 3.38. The summed E-state index contributed by atoms with van der Waals surface area (Å²) in [6, 6.07) is 4.19. The summed E-state index contributed by atoms with van der Waals surface area (Å²) in [6.07, 6.45) is 6.64. The molecule has 0 unspecified atom stereocenters. The smallest absolute Gasteiger partial charge is 0.0452 e. The molecule has 0 radical (unpaired) electrons. The third kappa shape index (κ3) is 2.49. The van der Waals surface area contributed by atoms with Crippen molar-refractivity contribution in [2.75, 3.05) is 0 Å². The van der Waals surface area contributed by atoms with Gasteiger partial charge in [-0.25, -0.2) is 0 Å². The van der Waals surface area contributed by atoms with Gasteiger partial charge >= 0.3 is 0 Å². The Morgan fingerprint density at radius 1 is 1.00 bits per heavy atom. The molecule has 82 valence electrons. The minimum atomic E-state index is 0.675. The van der Waals surface area contributed by atoms with Crippen LogP contribution in [0.3, 0.4) is 0 Å². The monoisotopic (exact) mass is 242 g/mol. The summed E-state index contributed by atoms with van der Waals surface area (Å²) in [5.41, 5.74) is 2.33. The van der Waals surface area contributed by atoms with Gasteiger partial charge in [0.15, 0.2) is 0 Å². The molecule has 0 spiro atoms. The van der Waals surface area contributed by atoms with Crippen LogP contribution in [0.25, 0.3) is 0 Å². The van der Waals surface area contributed by atoms with E-state index in [2.05, 4.69) is 12.1 Å². The summed E-state index contributed by atoms with van der Waals surface area (Å²) in [5, 5.41) is 1.62. The summed E-state index contributed by atoms with van der Waals surface area (Å²) >= 11 is 12.3. The minimum Gasteiger partial charge on any atom is -0.0840 e. The van der Waals surface area contributed by atoms with E-state index in [4.69, 9.17) is 23.2 Å². The van der Waals surface area contributed by atoms with Crippen LogP contribution in [0.5, 0.6) is 0 Å². The van der Waals surface area contributed by atoms with Gasteiger partial charge in [-0.1, -0.05) is 42.5 Å². The van der Waals surface area contributed by atoms with Gasteiger partial charge in [0, 0.05) is 10.0 Å². The van der Waals surface area contributed by atoms with E-state index in [1.807, 2.05) is 6.92 Å². The lowest BCUT2D eigenvalue weighted by Crippen LogP contribution is -2.04. The van der Waals surface area contributed by atoms with Crippen LogP contribution in [0.15, 0.2) is 12.1 Å². The Kier molecular flexibility index (Phi) is 3.58. The van der Waals surface area contributed by atoms with E-state index in [9.17, 15) is 0 Å². The van der Waals surface area contributed by atoms with Crippen molar-refractivity contribution in [1.29, 1.82) is 0 Å². The van der Waals surface area contributed by atoms with E-state index in [1.165, 1.54) is 37.7 Å². The molecule has 0 aromatic heterocycles. The van der Waals surface area contributed by atoms with Gasteiger partial charge < -0.3 is 0 Å². The van der Waals surface area contributed by atoms with E-state index < -0.39 is 0 Å². The van der Waals surface area contributed by atoms with Crippen LogP contribution in [0, 0.1) is 6.92 Å². The molecule has 2 heteroatoms. The fourth-order valence-electron chi connectivity index (χ4n) is 2.34. The average molecular weight is 243 g/mol. The molecule has 2 rings (SSSR count). The van der Waals surface area contributed by atoms with Crippen molar-refractivity contribution in [3.63, 3.8) is 0 Å². The van der Waals surface area contributed by atoms with Crippen LogP contribution < -0.4 is 0 Å². The van der Waals surface area contributed by atoms with Crippen LogP contribution in [0.1, 0.15) is 49.1 Å². The lowest BCUT2D eigenvalue weighted by molar-refractivity contribution is 0.443. The third-order valence-corrected chi connectivity index (χ3v) is 4.17. The van der Waals surface area contributed by atoms with Crippen LogP contribution in [-0.4, -0.2) is 0 Å². The van der Waals surface area contributed by atoms with Crippen molar-refractivity contribution in [3.8, 4) is 0 Å². The molecule has 0 aliphatic heterocycles. The molecule has 0 N–H and O–H groups in total. The molecule has 1 saturated carbocycles. The molecule has 0 heterocycles. The standard InChI is InChI=1S/C13H16Cl2/c1-9-12(14)7-11(8-13(9)15)10-5-3-2-4-6-10/h7-8,10H,2-6H2,1H3. The van der Waals surface area contributed by atoms with Gasteiger partial charge in [0.05, 0.1) is 0 Å². The molecule has 0 nitrogen and oxygen atoms in total. The highest BCUT2D eigenvalue weighted by atomic mass is 35.5. The van der Waals surface area contributed by atoms with Crippen LogP contribution in [0.2, 0.25) is 10.0 Å². The van der Waals surface area contributed by atoms with Crippen molar-refractivity contribution in [2.24, 2.45) is 0 Å². The molecular formula is C13H16Cl2. The number of benzene rings is 1. The molecule has 1 fully saturated rings. The maximum atomic E-state index is 6.15. The normalized spacial score (nSPS) is 18.1. The summed E-state index contributed by atoms with van der Waals surface area (Å²) in [6.45, 7) is 1.97. The van der Waals surface area contributed by atoms with Crippen molar-refractivity contribution in [2.45, 2.75) is 44.9 Å². The van der Waals surface area contributed by atoms with Gasteiger partial charge in [-0.05, 0) is 48.9 Å². The topological polar surface area (TPSA) is 0 Å². The highest BCUT2D eigenvalue weighted by Gasteiger charge is 2.17. The Hall–Kier alpha value is -0.200. The van der Waals surface area contributed by atoms with Gasteiger partial charge in [-0.15, -0.1) is 0 Å². The van der Waals surface area contributed by atoms with E-state index >= 15 is 0 Å². The van der Waals surface area contributed by atoms with E-state index in [0.717, 1.165) is 15.6 Å². The van der Waals surface area contributed by atoms with Crippen molar-refractivity contribution < 1.29 is 0 Å². The zero-order valence-electron chi connectivity index (χ0n) is 9.02. The molecule has 15 heavy (non-hydrogen) atoms. The average Bonchev–Trinajstić information content (AvgIpc) is 2.26. The van der Waals surface area contributed by atoms with E-state index in [0.29, 0.717) is 5.92 Å². The Morgan fingerprint density at radius 3 is 2.07 bits per heavy atom. The summed E-state index contributed by atoms with van der Waals surface area (Å²) in [7, 11) is 0. The second-order valence-electron chi connectivity index (χ2n) is 4.44. The molecule has 0 amide bonds. The van der Waals surface area contributed by atoms with Crippen LogP contribution in [0.4, 0.5) is 0 Å². The van der Waals surface area contributed by atoms with Gasteiger partial charge in [-0.3, -0.25) is 0 Å². The Labute approximate surface area is 102 Å². The van der Waals surface area contributed by atoms with Gasteiger partial charge in [0.2, 0.25) is 0 Å². The molecule has 1 aromatic rings. The quantitative estimate of drug-likeness (QED) is 0.623. The zero-order valence-corrected chi connectivity index (χ0v) is 10.5. The Balaban J connectivity index is 2.27. The summed E-state index contributed by atoms with van der Waals surface area (Å²) < 4.78 is 0. The predicted octanol–water partition coefficient (Wildman–Crippen LogP) is 5.35. The molecular weight excluding hydrogens is 227 g/mol. The summed E-state index contributed by atoms with van der Waals surface area (Å²) in [4.78, 5) is 0. The maximum Gasteiger partial charge on any atom is 0.0452 e. The first-order chi connectivity index (χ1) is 7.18. The lowest BCUT2D eigenvalue weighted by Gasteiger charge is -2.22. The SMILES string of the molecule is Cc1c(Cl)cc(C2CCCCC2)cc1Cl. The first-order valence-corrected chi connectivity index (χ1v) is 6.39. The van der Waals surface area contributed by atoms with E-state index in [1.54, 1.807) is 0 Å². The zero-order chi connectivity index (χ0) is 10.8. The molecule has 0 bridgehead atoms. The molecule has 1 aliphatic rings. The molecule has 0 saturated heterocycles. The first kappa shape index (κ1) is 11.3. The largest absolute Gasteiger partial charge is 0.0840 e. The summed E-state index contributed by atoms with van der Waals surface area (Å²) in [5.74, 6) is 0.675. The second-order valence-corrected chi connectivity index (χ2v) is 5.26. The van der Waals surface area contributed by atoms with Crippen molar-refractivity contribution >= 4 is 23.2 Å². The minimum absolute atomic E-state index is 0.675. The van der Waals surface area contributed by atoms with Crippen molar-refractivity contribution in [3.05, 3.63) is 33.3 Å². The first-order valence-electron chi connectivity index (χ1n) is 5.64. The van der Waals surface area contributed by atoms with Gasteiger partial charge in [0.1, 0.15) is 0 Å². The highest BCUT2D eigenvalue weighted by Crippen LogP contribution is 2.36. The lowest BCUT2D eigenvalue weighted by atomic mass is 9.84. The Bertz CT molecular complexity index is 329. The van der Waals surface area contributed by atoms with Crippen LogP contribution in [-0.2, 0) is 0 Å². The number of hydrogen-bond donors (Lipinski definition) is 0. The molecule has 1 aromatic carbocycles. The number of halogens is 2. The van der Waals surface area contributed by atoms with E-state index in [-0.39, 0.29) is 0 Å². The molecule has 1 aliphatic carbocycles. The fraction of sp³-hybridized carbons (Fsp3) is 0.538. The number of hydrogen-bond acceptors (Lipinski definition) is 0. The fourth-order valence-corrected chi connectivity index (χ4v) is 2.84. The van der Waals surface area contributed by atoms with Gasteiger partial charge in [0.25, 0.3) is 0 Å². The van der Waals surface area contributed by atoms with Crippen LogP contribution >= 0.6 is 23.2 Å². The second kappa shape index (κ2) is 4.76. The maximum absolute atomic E-state index is 6.15. The predicted molar refractivity (Wildman–Crippen MR) is 67.0 cm³/mol. The Morgan fingerprint density at radius 2 is 1.53 bits per heavy atom. The highest BCUT2D eigenvalue weighted by molar-refractivity contribution is 6.36.